The van der Waals surface area contributed by atoms with E-state index in [0.29, 0.717) is 5.92 Å². The van der Waals surface area contributed by atoms with E-state index in [0.717, 1.165) is 6.54 Å². The van der Waals surface area contributed by atoms with Crippen LogP contribution in [0.25, 0.3) is 0 Å². The molecule has 2 heteroatoms. The zero-order valence-electron chi connectivity index (χ0n) is 10.3. The van der Waals surface area contributed by atoms with E-state index in [9.17, 15) is 0 Å². The van der Waals surface area contributed by atoms with Crippen LogP contribution < -0.4 is 5.73 Å². The van der Waals surface area contributed by atoms with Crippen molar-refractivity contribution >= 4 is 0 Å². The van der Waals surface area contributed by atoms with Crippen LogP contribution in [0.2, 0.25) is 0 Å². The summed E-state index contributed by atoms with van der Waals surface area (Å²) in [6, 6.07) is 10.8. The van der Waals surface area contributed by atoms with Crippen LogP contribution in [0.3, 0.4) is 0 Å². The van der Waals surface area contributed by atoms with Crippen LogP contribution in [0, 0.1) is 0 Å². The van der Waals surface area contributed by atoms with Gasteiger partial charge in [0.2, 0.25) is 0 Å². The molecule has 16 heavy (non-hydrogen) atoms. The Morgan fingerprint density at radius 3 is 2.50 bits per heavy atom. The van der Waals surface area contributed by atoms with E-state index in [1.807, 2.05) is 0 Å². The van der Waals surface area contributed by atoms with Crippen molar-refractivity contribution in [2.45, 2.75) is 30.7 Å². The molecule has 0 amide bonds. The van der Waals surface area contributed by atoms with Crippen molar-refractivity contribution in [2.24, 2.45) is 5.73 Å². The molecule has 2 N–H and O–H groups in total. The first-order valence-electron chi connectivity index (χ1n) is 6.10. The van der Waals surface area contributed by atoms with Gasteiger partial charge in [0.25, 0.3) is 0 Å². The molecule has 1 aliphatic rings. The van der Waals surface area contributed by atoms with E-state index in [-0.39, 0.29) is 5.54 Å². The lowest BCUT2D eigenvalue weighted by Crippen LogP contribution is -2.48. The quantitative estimate of drug-likeness (QED) is 0.843. The van der Waals surface area contributed by atoms with Gasteiger partial charge in [-0.15, -0.1) is 0 Å². The standard InChI is InChI=1S/C14H22N2/c1-16(2)14(11-15)9-8-13(10-14)12-6-4-3-5-7-12/h3-7,13H,8-11,15H2,1-2H3. The summed E-state index contributed by atoms with van der Waals surface area (Å²) >= 11 is 0. The molecular formula is C14H22N2. The second-order valence-electron chi connectivity index (χ2n) is 5.17. The van der Waals surface area contributed by atoms with Gasteiger partial charge in [-0.1, -0.05) is 30.3 Å². The molecular weight excluding hydrogens is 196 g/mol. The molecule has 1 aliphatic carbocycles. The number of rotatable bonds is 3. The second-order valence-corrected chi connectivity index (χ2v) is 5.17. The Morgan fingerprint density at radius 1 is 1.31 bits per heavy atom. The lowest BCUT2D eigenvalue weighted by molar-refractivity contribution is 0.165. The van der Waals surface area contributed by atoms with Gasteiger partial charge in [-0.2, -0.15) is 0 Å². The van der Waals surface area contributed by atoms with Gasteiger partial charge in [0.15, 0.2) is 0 Å². The first-order chi connectivity index (χ1) is 7.68. The number of benzene rings is 1. The largest absolute Gasteiger partial charge is 0.329 e. The molecule has 0 saturated heterocycles. The van der Waals surface area contributed by atoms with E-state index >= 15 is 0 Å². The average molecular weight is 218 g/mol. The van der Waals surface area contributed by atoms with Crippen LogP contribution in [0.4, 0.5) is 0 Å². The summed E-state index contributed by atoms with van der Waals surface area (Å²) in [6.45, 7) is 0.767. The Labute approximate surface area is 98.4 Å². The maximum Gasteiger partial charge on any atom is 0.0331 e. The summed E-state index contributed by atoms with van der Waals surface area (Å²) in [5.74, 6) is 0.687. The minimum absolute atomic E-state index is 0.223. The molecule has 0 aromatic heterocycles. The minimum atomic E-state index is 0.223. The number of hydrogen-bond donors (Lipinski definition) is 1. The maximum atomic E-state index is 5.97. The SMILES string of the molecule is CN(C)C1(CN)CCC(c2ccccc2)C1. The molecule has 0 spiro atoms. The van der Waals surface area contributed by atoms with Crippen molar-refractivity contribution in [3.63, 3.8) is 0 Å². The van der Waals surface area contributed by atoms with Crippen molar-refractivity contribution < 1.29 is 0 Å². The number of nitrogens with zero attached hydrogens (tertiary/aromatic N) is 1. The van der Waals surface area contributed by atoms with E-state index in [4.69, 9.17) is 5.73 Å². The van der Waals surface area contributed by atoms with Gasteiger partial charge in [-0.3, -0.25) is 0 Å². The summed E-state index contributed by atoms with van der Waals surface area (Å²) in [6.07, 6.45) is 3.68. The molecule has 0 bridgehead atoms. The second kappa shape index (κ2) is 4.56. The number of nitrogens with two attached hydrogens (primary N) is 1. The number of hydrogen-bond acceptors (Lipinski definition) is 2. The van der Waals surface area contributed by atoms with Gasteiger partial charge in [0.1, 0.15) is 0 Å². The van der Waals surface area contributed by atoms with Crippen molar-refractivity contribution in [3.8, 4) is 0 Å². The molecule has 2 nitrogen and oxygen atoms in total. The van der Waals surface area contributed by atoms with Gasteiger partial charge in [0, 0.05) is 12.1 Å². The highest BCUT2D eigenvalue weighted by Crippen LogP contribution is 2.42. The van der Waals surface area contributed by atoms with Gasteiger partial charge in [-0.05, 0) is 44.8 Å². The smallest absolute Gasteiger partial charge is 0.0331 e. The van der Waals surface area contributed by atoms with Crippen LogP contribution >= 0.6 is 0 Å². The Bertz CT molecular complexity index is 334. The monoisotopic (exact) mass is 218 g/mol. The normalized spacial score (nSPS) is 29.9. The van der Waals surface area contributed by atoms with Crippen molar-refractivity contribution in [1.82, 2.24) is 4.90 Å². The highest BCUT2D eigenvalue weighted by atomic mass is 15.2. The zero-order chi connectivity index (χ0) is 11.6. The summed E-state index contributed by atoms with van der Waals surface area (Å²) in [7, 11) is 4.31. The minimum Gasteiger partial charge on any atom is -0.329 e. The molecule has 88 valence electrons. The predicted octanol–water partition coefficient (Wildman–Crippen LogP) is 2.21. The fraction of sp³-hybridized carbons (Fsp3) is 0.571. The van der Waals surface area contributed by atoms with Crippen LogP contribution in [0.15, 0.2) is 30.3 Å². The summed E-state index contributed by atoms with van der Waals surface area (Å²) in [5, 5.41) is 0. The van der Waals surface area contributed by atoms with Gasteiger partial charge >= 0.3 is 0 Å². The molecule has 1 aromatic carbocycles. The van der Waals surface area contributed by atoms with E-state index in [1.54, 1.807) is 0 Å². The highest BCUT2D eigenvalue weighted by Gasteiger charge is 2.40. The Balaban J connectivity index is 2.14. The molecule has 2 atom stereocenters. The van der Waals surface area contributed by atoms with Crippen LogP contribution in [0.1, 0.15) is 30.7 Å². The molecule has 0 heterocycles. The van der Waals surface area contributed by atoms with Gasteiger partial charge in [0.05, 0.1) is 0 Å². The zero-order valence-corrected chi connectivity index (χ0v) is 10.3. The Morgan fingerprint density at radius 2 is 2.00 bits per heavy atom. The van der Waals surface area contributed by atoms with E-state index in [2.05, 4.69) is 49.3 Å². The van der Waals surface area contributed by atoms with Crippen molar-refractivity contribution in [1.29, 1.82) is 0 Å². The van der Waals surface area contributed by atoms with Crippen molar-refractivity contribution in [3.05, 3.63) is 35.9 Å². The van der Waals surface area contributed by atoms with E-state index < -0.39 is 0 Å². The van der Waals surface area contributed by atoms with Gasteiger partial charge in [-0.25, -0.2) is 0 Å². The summed E-state index contributed by atoms with van der Waals surface area (Å²) in [5.41, 5.74) is 7.66. The third-order valence-electron chi connectivity index (χ3n) is 4.18. The molecule has 0 radical (unpaired) electrons. The Hall–Kier alpha value is -0.860. The molecule has 2 unspecified atom stereocenters. The average Bonchev–Trinajstić information content (AvgIpc) is 2.76. The lowest BCUT2D eigenvalue weighted by Gasteiger charge is -2.35. The van der Waals surface area contributed by atoms with E-state index in [1.165, 1.54) is 24.8 Å². The highest BCUT2D eigenvalue weighted by molar-refractivity contribution is 5.22. The molecule has 1 saturated carbocycles. The maximum absolute atomic E-state index is 5.97. The molecule has 1 fully saturated rings. The third-order valence-corrected chi connectivity index (χ3v) is 4.18. The number of likely N-dealkylation sites (N-methyl/N-ethyl adjacent to an activating group) is 1. The molecule has 0 aliphatic heterocycles. The van der Waals surface area contributed by atoms with Crippen LogP contribution in [-0.4, -0.2) is 31.1 Å². The topological polar surface area (TPSA) is 29.3 Å². The first kappa shape index (κ1) is 11.6. The van der Waals surface area contributed by atoms with Gasteiger partial charge < -0.3 is 10.6 Å². The first-order valence-corrected chi connectivity index (χ1v) is 6.10. The fourth-order valence-corrected chi connectivity index (χ4v) is 2.89. The third kappa shape index (κ3) is 2.00. The summed E-state index contributed by atoms with van der Waals surface area (Å²) in [4.78, 5) is 2.32. The molecule has 2 rings (SSSR count). The summed E-state index contributed by atoms with van der Waals surface area (Å²) < 4.78 is 0. The Kier molecular flexibility index (Phi) is 3.31. The van der Waals surface area contributed by atoms with Crippen molar-refractivity contribution in [2.75, 3.05) is 20.6 Å². The lowest BCUT2D eigenvalue weighted by atomic mass is 9.91. The molecule has 1 aromatic rings. The fourth-order valence-electron chi connectivity index (χ4n) is 2.89. The van der Waals surface area contributed by atoms with Crippen LogP contribution in [-0.2, 0) is 0 Å². The predicted molar refractivity (Wildman–Crippen MR) is 68.5 cm³/mol. The van der Waals surface area contributed by atoms with Crippen LogP contribution in [0.5, 0.6) is 0 Å².